The maximum atomic E-state index is 12.6. The number of carbonyl (C=O) groups is 1. The molecule has 4 heteroatoms. The summed E-state index contributed by atoms with van der Waals surface area (Å²) in [7, 11) is 0. The van der Waals surface area contributed by atoms with Gasteiger partial charge < -0.3 is 4.74 Å². The first-order chi connectivity index (χ1) is 12.0. The van der Waals surface area contributed by atoms with Crippen molar-refractivity contribution < 1.29 is 9.53 Å². The number of likely N-dealkylation sites (tertiary alicyclic amines) is 1. The smallest absolute Gasteiger partial charge is 0.170 e. The lowest BCUT2D eigenvalue weighted by Gasteiger charge is -2.44. The molecule has 2 aliphatic rings. The van der Waals surface area contributed by atoms with E-state index in [1.165, 1.54) is 5.56 Å². The zero-order valence-electron chi connectivity index (χ0n) is 14.4. The van der Waals surface area contributed by atoms with Gasteiger partial charge in [0.2, 0.25) is 0 Å². The third-order valence-corrected chi connectivity index (χ3v) is 5.79. The molecule has 0 radical (unpaired) electrons. The number of rotatable bonds is 2. The number of piperidine rings is 1. The topological polar surface area (TPSA) is 29.5 Å². The van der Waals surface area contributed by atoms with Gasteiger partial charge in [0, 0.05) is 37.5 Å². The summed E-state index contributed by atoms with van der Waals surface area (Å²) in [6.45, 7) is 4.80. The number of carbonyl (C=O) groups excluding carboxylic acids is 1. The highest BCUT2D eigenvalue weighted by molar-refractivity contribution is 6.31. The molecule has 0 atom stereocenters. The van der Waals surface area contributed by atoms with Crippen molar-refractivity contribution in [3.63, 3.8) is 0 Å². The molecule has 2 aliphatic heterocycles. The molecule has 0 unspecified atom stereocenters. The predicted octanol–water partition coefficient (Wildman–Crippen LogP) is 4.65. The summed E-state index contributed by atoms with van der Waals surface area (Å²) in [6.07, 6.45) is 2.22. The first kappa shape index (κ1) is 16.6. The molecule has 25 heavy (non-hydrogen) atoms. The molecule has 3 nitrogen and oxygen atoms in total. The Kier molecular flexibility index (Phi) is 4.30. The summed E-state index contributed by atoms with van der Waals surface area (Å²) in [5.74, 6) is 0.856. The van der Waals surface area contributed by atoms with Crippen LogP contribution in [0.2, 0.25) is 5.02 Å². The summed E-state index contributed by atoms with van der Waals surface area (Å²) in [5, 5.41) is 0.629. The van der Waals surface area contributed by atoms with Crippen molar-refractivity contribution >= 4 is 17.4 Å². The van der Waals surface area contributed by atoms with E-state index in [1.807, 2.05) is 19.1 Å². The number of ketones is 1. The van der Waals surface area contributed by atoms with Gasteiger partial charge in [-0.3, -0.25) is 9.69 Å². The van der Waals surface area contributed by atoms with Gasteiger partial charge in [-0.05, 0) is 30.2 Å². The van der Waals surface area contributed by atoms with Crippen LogP contribution >= 0.6 is 11.6 Å². The Bertz CT molecular complexity index is 795. The molecule has 0 bridgehead atoms. The van der Waals surface area contributed by atoms with Crippen molar-refractivity contribution in [2.24, 2.45) is 0 Å². The van der Waals surface area contributed by atoms with Gasteiger partial charge in [-0.15, -0.1) is 0 Å². The quantitative estimate of drug-likeness (QED) is 0.785. The fourth-order valence-electron chi connectivity index (χ4n) is 3.85. The molecule has 130 valence electrons. The molecule has 1 spiro atoms. The van der Waals surface area contributed by atoms with E-state index >= 15 is 0 Å². The zero-order valence-corrected chi connectivity index (χ0v) is 15.2. The standard InChI is InChI=1S/C21H22ClNO2/c1-15-11-20-17(12-18(15)22)19(24)13-21(25-20)7-9-23(10-8-21)14-16-5-3-2-4-6-16/h2-6,11-12H,7-10,13-14H2,1H3. The van der Waals surface area contributed by atoms with Crippen LogP contribution in [0.3, 0.4) is 0 Å². The maximum absolute atomic E-state index is 12.6. The fourth-order valence-corrected chi connectivity index (χ4v) is 4.02. The number of nitrogens with zero attached hydrogens (tertiary/aromatic N) is 1. The number of Topliss-reactive ketones (excluding diaryl/α,β-unsaturated/α-hetero) is 1. The Morgan fingerprint density at radius 1 is 1.16 bits per heavy atom. The van der Waals surface area contributed by atoms with Crippen LogP contribution in [0.25, 0.3) is 0 Å². The third-order valence-electron chi connectivity index (χ3n) is 5.39. The van der Waals surface area contributed by atoms with Crippen LogP contribution in [0.4, 0.5) is 0 Å². The molecule has 0 aliphatic carbocycles. The lowest BCUT2D eigenvalue weighted by Crippen LogP contribution is -2.50. The Hall–Kier alpha value is -1.84. The Morgan fingerprint density at radius 2 is 1.88 bits per heavy atom. The molecule has 2 heterocycles. The van der Waals surface area contributed by atoms with Crippen LogP contribution in [0.1, 0.15) is 40.7 Å². The summed E-state index contributed by atoms with van der Waals surface area (Å²) in [6, 6.07) is 14.2. The number of hydrogen-bond acceptors (Lipinski definition) is 3. The average Bonchev–Trinajstić information content (AvgIpc) is 2.60. The van der Waals surface area contributed by atoms with Crippen LogP contribution in [-0.2, 0) is 6.54 Å². The summed E-state index contributed by atoms with van der Waals surface area (Å²) in [4.78, 5) is 15.1. The molecule has 0 aromatic heterocycles. The first-order valence-corrected chi connectivity index (χ1v) is 9.21. The minimum Gasteiger partial charge on any atom is -0.486 e. The monoisotopic (exact) mass is 355 g/mol. The number of benzene rings is 2. The second kappa shape index (κ2) is 6.47. The van der Waals surface area contributed by atoms with Gasteiger partial charge in [-0.1, -0.05) is 41.9 Å². The highest BCUT2D eigenvalue weighted by Gasteiger charge is 2.43. The predicted molar refractivity (Wildman–Crippen MR) is 99.4 cm³/mol. The van der Waals surface area contributed by atoms with Gasteiger partial charge in [-0.25, -0.2) is 0 Å². The molecule has 0 saturated carbocycles. The van der Waals surface area contributed by atoms with Gasteiger partial charge in [-0.2, -0.15) is 0 Å². The van der Waals surface area contributed by atoms with Crippen LogP contribution in [-0.4, -0.2) is 29.4 Å². The molecule has 0 N–H and O–H groups in total. The van der Waals surface area contributed by atoms with E-state index < -0.39 is 0 Å². The average molecular weight is 356 g/mol. The van der Waals surface area contributed by atoms with Crippen molar-refractivity contribution in [3.05, 3.63) is 64.2 Å². The first-order valence-electron chi connectivity index (χ1n) is 8.83. The number of hydrogen-bond donors (Lipinski definition) is 0. The van der Waals surface area contributed by atoms with E-state index in [1.54, 1.807) is 6.07 Å². The molecule has 2 aromatic carbocycles. The van der Waals surface area contributed by atoms with Gasteiger partial charge in [0.25, 0.3) is 0 Å². The number of aryl methyl sites for hydroxylation is 1. The lowest BCUT2D eigenvalue weighted by atomic mass is 9.82. The second-order valence-corrected chi connectivity index (χ2v) is 7.65. The molecule has 0 amide bonds. The SMILES string of the molecule is Cc1cc2c(cc1Cl)C(=O)CC1(CCN(Cc3ccccc3)CC1)O2. The highest BCUT2D eigenvalue weighted by atomic mass is 35.5. The van der Waals surface area contributed by atoms with E-state index in [0.717, 1.165) is 38.0 Å². The van der Waals surface area contributed by atoms with Crippen LogP contribution in [0.5, 0.6) is 5.75 Å². The number of ether oxygens (including phenoxy) is 1. The van der Waals surface area contributed by atoms with Crippen molar-refractivity contribution in [1.82, 2.24) is 4.90 Å². The second-order valence-electron chi connectivity index (χ2n) is 7.24. The molecule has 2 aromatic rings. The van der Waals surface area contributed by atoms with Crippen molar-refractivity contribution in [2.45, 2.75) is 38.3 Å². The molecule has 1 fully saturated rings. The van der Waals surface area contributed by atoms with E-state index in [-0.39, 0.29) is 11.4 Å². The van der Waals surface area contributed by atoms with Crippen LogP contribution in [0.15, 0.2) is 42.5 Å². The van der Waals surface area contributed by atoms with Gasteiger partial charge in [0.15, 0.2) is 5.78 Å². The highest BCUT2D eigenvalue weighted by Crippen LogP contribution is 2.41. The van der Waals surface area contributed by atoms with E-state index in [0.29, 0.717) is 22.8 Å². The Morgan fingerprint density at radius 3 is 2.60 bits per heavy atom. The van der Waals surface area contributed by atoms with Crippen LogP contribution < -0.4 is 4.74 Å². The molecule has 4 rings (SSSR count). The van der Waals surface area contributed by atoms with E-state index in [9.17, 15) is 4.79 Å². The summed E-state index contributed by atoms with van der Waals surface area (Å²) < 4.78 is 6.36. The summed E-state index contributed by atoms with van der Waals surface area (Å²) in [5.41, 5.74) is 2.56. The molecular formula is C21H22ClNO2. The lowest BCUT2D eigenvalue weighted by molar-refractivity contribution is -0.0107. The minimum atomic E-state index is -0.350. The zero-order chi connectivity index (χ0) is 17.4. The Balaban J connectivity index is 1.48. The summed E-state index contributed by atoms with van der Waals surface area (Å²) >= 11 is 6.17. The van der Waals surface area contributed by atoms with E-state index in [2.05, 4.69) is 29.2 Å². The minimum absolute atomic E-state index is 0.152. The molecular weight excluding hydrogens is 334 g/mol. The third kappa shape index (κ3) is 3.31. The largest absolute Gasteiger partial charge is 0.486 e. The fraction of sp³-hybridized carbons (Fsp3) is 0.381. The van der Waals surface area contributed by atoms with E-state index in [4.69, 9.17) is 16.3 Å². The number of halogens is 1. The Labute approximate surface area is 153 Å². The van der Waals surface area contributed by atoms with Crippen molar-refractivity contribution in [3.8, 4) is 5.75 Å². The number of fused-ring (bicyclic) bond motifs is 1. The van der Waals surface area contributed by atoms with Gasteiger partial charge in [0.1, 0.15) is 11.4 Å². The van der Waals surface area contributed by atoms with Gasteiger partial charge in [0.05, 0.1) is 12.0 Å². The van der Waals surface area contributed by atoms with Crippen molar-refractivity contribution in [1.29, 1.82) is 0 Å². The molecule has 1 saturated heterocycles. The normalized spacial score (nSPS) is 19.5. The maximum Gasteiger partial charge on any atom is 0.170 e. The van der Waals surface area contributed by atoms with Crippen LogP contribution in [0, 0.1) is 6.92 Å². The van der Waals surface area contributed by atoms with Gasteiger partial charge >= 0.3 is 0 Å². The van der Waals surface area contributed by atoms with Crippen molar-refractivity contribution in [2.75, 3.05) is 13.1 Å².